The lowest BCUT2D eigenvalue weighted by Gasteiger charge is -2.22. The van der Waals surface area contributed by atoms with E-state index in [1.807, 2.05) is 36.2 Å². The van der Waals surface area contributed by atoms with Crippen molar-refractivity contribution in [2.24, 2.45) is 0 Å². The number of aliphatic hydroxyl groups excluding tert-OH is 2. The average Bonchev–Trinajstić information content (AvgIpc) is 3.43. The Bertz CT molecular complexity index is 1170. The molecule has 0 spiro atoms. The predicted molar refractivity (Wildman–Crippen MR) is 140 cm³/mol. The summed E-state index contributed by atoms with van der Waals surface area (Å²) in [5.74, 6) is 0.232. The topological polar surface area (TPSA) is 164 Å². The van der Waals surface area contributed by atoms with Crippen molar-refractivity contribution in [1.29, 1.82) is 0 Å². The average molecular weight is 513 g/mol. The fourth-order valence-electron chi connectivity index (χ4n) is 4.43. The largest absolute Gasteiger partial charge is 0.387 e. The van der Waals surface area contributed by atoms with Crippen molar-refractivity contribution in [3.63, 3.8) is 0 Å². The number of amides is 2. The third-order valence-electron chi connectivity index (χ3n) is 6.52. The summed E-state index contributed by atoms with van der Waals surface area (Å²) in [4.78, 5) is 26.5. The van der Waals surface area contributed by atoms with Crippen LogP contribution in [0.5, 0.6) is 0 Å². The van der Waals surface area contributed by atoms with Gasteiger partial charge in [-0.1, -0.05) is 25.5 Å². The van der Waals surface area contributed by atoms with Crippen LogP contribution in [0.2, 0.25) is 0 Å². The molecule has 3 heterocycles. The number of rotatable bonds is 11. The molecule has 4 atom stereocenters. The van der Waals surface area contributed by atoms with Crippen LogP contribution in [0.25, 0.3) is 11.2 Å². The fourth-order valence-corrected chi connectivity index (χ4v) is 4.43. The number of ether oxygens (including phenoxy) is 1. The number of likely N-dealkylation sites (N-methyl/N-ethyl adjacent to an activating group) is 1. The number of hydrogen-bond acceptors (Lipinski definition) is 9. The van der Waals surface area contributed by atoms with Gasteiger partial charge in [0.2, 0.25) is 0 Å². The summed E-state index contributed by atoms with van der Waals surface area (Å²) < 4.78 is 7.55. The lowest BCUT2D eigenvalue weighted by molar-refractivity contribution is -0.0421. The highest BCUT2D eigenvalue weighted by atomic mass is 16.6. The minimum Gasteiger partial charge on any atom is -0.387 e. The minimum absolute atomic E-state index is 0.232. The van der Waals surface area contributed by atoms with E-state index < -0.39 is 24.5 Å². The molecule has 0 aliphatic carbocycles. The zero-order chi connectivity index (χ0) is 26.4. The SMILES string of the molecule is CCCCc1ccc(NC(=O)NCCCN(C)C[C@H]2O[C@@H](n3cnc4c(N)ncnc43)[C@H](O)[C@@H]2O)cc1. The van der Waals surface area contributed by atoms with Crippen molar-refractivity contribution in [2.75, 3.05) is 37.7 Å². The lowest BCUT2D eigenvalue weighted by atomic mass is 10.1. The van der Waals surface area contributed by atoms with E-state index in [0.717, 1.165) is 24.9 Å². The summed E-state index contributed by atoms with van der Waals surface area (Å²) in [6.07, 6.45) is 3.15. The highest BCUT2D eigenvalue weighted by Crippen LogP contribution is 2.32. The molecule has 12 nitrogen and oxygen atoms in total. The number of hydrogen-bond donors (Lipinski definition) is 5. The van der Waals surface area contributed by atoms with Crippen LogP contribution in [-0.2, 0) is 11.2 Å². The van der Waals surface area contributed by atoms with E-state index in [0.29, 0.717) is 37.2 Å². The second kappa shape index (κ2) is 12.3. The van der Waals surface area contributed by atoms with Gasteiger partial charge in [0.05, 0.1) is 6.33 Å². The van der Waals surface area contributed by atoms with Crippen LogP contribution in [0.3, 0.4) is 0 Å². The number of unbranched alkanes of at least 4 members (excludes halogenated alkanes) is 1. The predicted octanol–water partition coefficient (Wildman–Crippen LogP) is 1.51. The first-order valence-electron chi connectivity index (χ1n) is 12.6. The van der Waals surface area contributed by atoms with E-state index >= 15 is 0 Å². The number of anilines is 2. The molecule has 0 unspecified atom stereocenters. The molecule has 3 aromatic rings. The lowest BCUT2D eigenvalue weighted by Crippen LogP contribution is -2.39. The highest BCUT2D eigenvalue weighted by molar-refractivity contribution is 5.89. The Morgan fingerprint density at radius 3 is 2.70 bits per heavy atom. The van der Waals surface area contributed by atoms with E-state index in [1.165, 1.54) is 18.2 Å². The molecule has 1 fully saturated rings. The van der Waals surface area contributed by atoms with Crippen LogP contribution in [0.15, 0.2) is 36.9 Å². The van der Waals surface area contributed by atoms with Crippen LogP contribution in [0.1, 0.15) is 38.0 Å². The van der Waals surface area contributed by atoms with Gasteiger partial charge in [0.25, 0.3) is 0 Å². The molecule has 0 radical (unpaired) electrons. The molecule has 37 heavy (non-hydrogen) atoms. The first kappa shape index (κ1) is 26.7. The number of urea groups is 1. The molecule has 2 amide bonds. The molecule has 0 bridgehead atoms. The van der Waals surface area contributed by atoms with Gasteiger partial charge in [-0.3, -0.25) is 4.57 Å². The van der Waals surface area contributed by atoms with Gasteiger partial charge in [0.15, 0.2) is 17.7 Å². The second-order valence-electron chi connectivity index (χ2n) is 9.43. The summed E-state index contributed by atoms with van der Waals surface area (Å²) in [6.45, 7) is 3.72. The van der Waals surface area contributed by atoms with Gasteiger partial charge < -0.3 is 36.2 Å². The molecular weight excluding hydrogens is 476 g/mol. The maximum Gasteiger partial charge on any atom is 0.319 e. The number of nitrogens with zero attached hydrogens (tertiary/aromatic N) is 5. The van der Waals surface area contributed by atoms with Crippen LogP contribution in [-0.4, -0.2) is 85.7 Å². The van der Waals surface area contributed by atoms with Crippen LogP contribution >= 0.6 is 0 Å². The third-order valence-corrected chi connectivity index (χ3v) is 6.52. The summed E-state index contributed by atoms with van der Waals surface area (Å²) in [7, 11) is 1.90. The number of aromatic nitrogens is 4. The molecule has 1 saturated heterocycles. The molecule has 200 valence electrons. The zero-order valence-electron chi connectivity index (χ0n) is 21.2. The van der Waals surface area contributed by atoms with Gasteiger partial charge in [-0.05, 0) is 50.6 Å². The molecule has 1 aliphatic rings. The van der Waals surface area contributed by atoms with E-state index in [9.17, 15) is 15.0 Å². The van der Waals surface area contributed by atoms with Crippen LogP contribution in [0, 0.1) is 0 Å². The van der Waals surface area contributed by atoms with Gasteiger partial charge in [0, 0.05) is 18.8 Å². The van der Waals surface area contributed by atoms with Gasteiger partial charge in [-0.15, -0.1) is 0 Å². The second-order valence-corrected chi connectivity index (χ2v) is 9.43. The molecule has 12 heteroatoms. The molecule has 1 aromatic carbocycles. The van der Waals surface area contributed by atoms with E-state index in [4.69, 9.17) is 10.5 Å². The third kappa shape index (κ3) is 6.52. The molecule has 6 N–H and O–H groups in total. The number of aryl methyl sites for hydroxylation is 1. The van der Waals surface area contributed by atoms with E-state index in [1.54, 1.807) is 4.57 Å². The standard InChI is InChI=1S/C25H36N8O4/c1-3-4-6-16-7-9-17(10-8-16)31-25(36)27-11-5-12-32(2)13-18-20(34)21(35)24(37-18)33-15-30-19-22(26)28-14-29-23(19)33/h7-10,14-15,18,20-21,24,34-35H,3-6,11-13H2,1-2H3,(H2,26,28,29)(H2,27,31,36)/t18-,20-,21-,24-/m1/s1. The number of nitrogens with one attached hydrogen (secondary N) is 2. The number of benzene rings is 1. The molecule has 1 aliphatic heterocycles. The normalized spacial score (nSPS) is 21.5. The Hall–Kier alpha value is -3.32. The number of aliphatic hydroxyl groups is 2. The summed E-state index contributed by atoms with van der Waals surface area (Å²) in [5, 5.41) is 26.9. The fraction of sp³-hybridized carbons (Fsp3) is 0.520. The number of nitrogens with two attached hydrogens (primary N) is 1. The Kier molecular flexibility index (Phi) is 8.87. The number of carbonyl (C=O) groups is 1. The molecule has 2 aromatic heterocycles. The quantitative estimate of drug-likeness (QED) is 0.240. The number of imidazole rings is 1. The van der Waals surface area contributed by atoms with Gasteiger partial charge in [-0.25, -0.2) is 19.7 Å². The summed E-state index contributed by atoms with van der Waals surface area (Å²) in [6, 6.07) is 7.67. The Balaban J connectivity index is 1.19. The Morgan fingerprint density at radius 1 is 1.16 bits per heavy atom. The molecule has 4 rings (SSSR count). The van der Waals surface area contributed by atoms with Crippen molar-refractivity contribution >= 4 is 28.7 Å². The van der Waals surface area contributed by atoms with Gasteiger partial charge in [0.1, 0.15) is 30.2 Å². The minimum atomic E-state index is -1.15. The van der Waals surface area contributed by atoms with Gasteiger partial charge in [-0.2, -0.15) is 0 Å². The van der Waals surface area contributed by atoms with E-state index in [2.05, 4.69) is 32.5 Å². The van der Waals surface area contributed by atoms with Crippen LogP contribution in [0.4, 0.5) is 16.3 Å². The molecule has 0 saturated carbocycles. The van der Waals surface area contributed by atoms with Crippen molar-refractivity contribution in [2.45, 2.75) is 57.1 Å². The highest BCUT2D eigenvalue weighted by Gasteiger charge is 2.44. The molecular formula is C25H36N8O4. The first-order chi connectivity index (χ1) is 17.9. The number of fused-ring (bicyclic) bond motifs is 1. The zero-order valence-corrected chi connectivity index (χ0v) is 21.2. The van der Waals surface area contributed by atoms with Crippen molar-refractivity contribution in [1.82, 2.24) is 29.7 Å². The monoisotopic (exact) mass is 512 g/mol. The number of nitrogen functional groups attached to an aromatic ring is 1. The number of carbonyl (C=O) groups excluding carboxylic acids is 1. The van der Waals surface area contributed by atoms with Crippen LogP contribution < -0.4 is 16.4 Å². The first-order valence-corrected chi connectivity index (χ1v) is 12.6. The van der Waals surface area contributed by atoms with Gasteiger partial charge >= 0.3 is 6.03 Å². The maximum atomic E-state index is 12.2. The Morgan fingerprint density at radius 2 is 1.95 bits per heavy atom. The smallest absolute Gasteiger partial charge is 0.319 e. The van der Waals surface area contributed by atoms with Crippen molar-refractivity contribution in [3.05, 3.63) is 42.5 Å². The van der Waals surface area contributed by atoms with E-state index in [-0.39, 0.29) is 11.8 Å². The Labute approximate surface area is 215 Å². The summed E-state index contributed by atoms with van der Waals surface area (Å²) >= 11 is 0. The summed E-state index contributed by atoms with van der Waals surface area (Å²) in [5.41, 5.74) is 8.70. The van der Waals surface area contributed by atoms with Crippen molar-refractivity contribution in [3.8, 4) is 0 Å². The maximum absolute atomic E-state index is 12.2. The van der Waals surface area contributed by atoms with Crippen molar-refractivity contribution < 1.29 is 19.7 Å².